The van der Waals surface area contributed by atoms with Crippen LogP contribution in [0.15, 0.2) is 48.6 Å². The van der Waals surface area contributed by atoms with Gasteiger partial charge in [0, 0.05) is 6.42 Å². The Balaban J connectivity index is 2.19. The molecule has 9 heteroatoms. The van der Waals surface area contributed by atoms with E-state index in [0.29, 0.717) is 6.42 Å². The monoisotopic (exact) mass is 1060 g/mol. The smallest absolute Gasteiger partial charge is 0.220 e. The van der Waals surface area contributed by atoms with Gasteiger partial charge < -0.3 is 40.3 Å². The van der Waals surface area contributed by atoms with Crippen LogP contribution in [0.5, 0.6) is 0 Å². The molecule has 0 aromatic rings. The molecule has 1 aliphatic heterocycles. The van der Waals surface area contributed by atoms with Crippen molar-refractivity contribution in [2.24, 2.45) is 0 Å². The molecule has 7 unspecified atom stereocenters. The lowest BCUT2D eigenvalue weighted by Crippen LogP contribution is -2.60. The number of hydrogen-bond donors (Lipinski definition) is 6. The number of amides is 1. The molecule has 9 nitrogen and oxygen atoms in total. The zero-order chi connectivity index (χ0) is 54.3. The van der Waals surface area contributed by atoms with Gasteiger partial charge in [-0.15, -0.1) is 0 Å². The van der Waals surface area contributed by atoms with Gasteiger partial charge in [0.1, 0.15) is 24.4 Å². The maximum atomic E-state index is 13.1. The topological polar surface area (TPSA) is 149 Å². The van der Waals surface area contributed by atoms with Crippen molar-refractivity contribution in [3.05, 3.63) is 48.6 Å². The normalized spacial score (nSPS) is 19.2. The fourth-order valence-electron chi connectivity index (χ4n) is 10.3. The minimum absolute atomic E-state index is 0.184. The average molecular weight is 1060 g/mol. The van der Waals surface area contributed by atoms with E-state index < -0.39 is 49.5 Å². The Kier molecular flexibility index (Phi) is 52.6. The van der Waals surface area contributed by atoms with Gasteiger partial charge in [-0.3, -0.25) is 4.79 Å². The van der Waals surface area contributed by atoms with Crippen molar-refractivity contribution in [3.63, 3.8) is 0 Å². The molecule has 7 atom stereocenters. The largest absolute Gasteiger partial charge is 0.394 e. The molecule has 0 bridgehead atoms. The van der Waals surface area contributed by atoms with Crippen LogP contribution in [0.1, 0.15) is 309 Å². The Labute approximate surface area is 463 Å². The molecule has 0 saturated carbocycles. The molecule has 1 saturated heterocycles. The van der Waals surface area contributed by atoms with Crippen molar-refractivity contribution < 1.29 is 39.8 Å². The maximum Gasteiger partial charge on any atom is 0.220 e. The third kappa shape index (κ3) is 44.7. The Morgan fingerprint density at radius 3 is 1.20 bits per heavy atom. The van der Waals surface area contributed by atoms with Gasteiger partial charge in [-0.05, 0) is 64.2 Å². The fourth-order valence-corrected chi connectivity index (χ4v) is 10.3. The van der Waals surface area contributed by atoms with E-state index in [0.717, 1.165) is 44.9 Å². The highest BCUT2D eigenvalue weighted by molar-refractivity contribution is 5.76. The molecular formula is C66H123NO8. The minimum Gasteiger partial charge on any atom is -0.394 e. The van der Waals surface area contributed by atoms with Crippen LogP contribution < -0.4 is 5.32 Å². The molecule has 0 aliphatic carbocycles. The molecule has 0 aromatic carbocycles. The van der Waals surface area contributed by atoms with E-state index in [2.05, 4.69) is 55.6 Å². The molecule has 0 radical (unpaired) electrons. The SMILES string of the molecule is CCCCCCC/C=C\C/C=C\CCCCCCCCCCCCCCCC(=O)NC(COC1OC(CO)C(O)C(O)C1O)C(O)/C=C/CC/C=C/CCCCCCCCCCCCCCCCCCCCCCC. The summed E-state index contributed by atoms with van der Waals surface area (Å²) in [6.45, 7) is 3.79. The van der Waals surface area contributed by atoms with E-state index in [9.17, 15) is 30.3 Å². The number of carbonyl (C=O) groups is 1. The molecular weight excluding hydrogens is 935 g/mol. The number of nitrogens with one attached hydrogen (secondary N) is 1. The minimum atomic E-state index is -1.57. The van der Waals surface area contributed by atoms with E-state index in [4.69, 9.17) is 9.47 Å². The standard InChI is InChI=1S/C66H123NO8/c1-3-5-7-9-11-13-15-17-19-21-23-25-27-29-30-32-33-35-37-39-41-43-45-47-49-51-53-55-60(69)59(58-74-66-65(73)64(72)63(71)61(57-68)75-66)67-62(70)56-54-52-50-48-46-44-42-40-38-36-34-31-28-26-24-22-20-18-16-14-12-10-8-6-4-2/h16,18,22,24,45,47,53,55,59-61,63-66,68-69,71-73H,3-15,17,19-21,23,25-44,46,48-52,54,56-58H2,1-2H3,(H,67,70)/b18-16-,24-22-,47-45+,55-53+. The number of unbranched alkanes of at least 4 members (excludes halogenated alkanes) is 40. The number of ether oxygens (including phenoxy) is 2. The number of allylic oxidation sites excluding steroid dienone is 7. The highest BCUT2D eigenvalue weighted by Gasteiger charge is 2.44. The number of rotatable bonds is 56. The Morgan fingerprint density at radius 1 is 0.453 bits per heavy atom. The molecule has 75 heavy (non-hydrogen) atoms. The molecule has 1 rings (SSSR count). The number of carbonyl (C=O) groups excluding carboxylic acids is 1. The number of hydrogen-bond acceptors (Lipinski definition) is 8. The molecule has 1 aliphatic rings. The van der Waals surface area contributed by atoms with Gasteiger partial charge in [-0.25, -0.2) is 0 Å². The van der Waals surface area contributed by atoms with Crippen LogP contribution in [0.3, 0.4) is 0 Å². The van der Waals surface area contributed by atoms with Crippen molar-refractivity contribution in [1.82, 2.24) is 5.32 Å². The van der Waals surface area contributed by atoms with Crippen LogP contribution in [0, 0.1) is 0 Å². The summed E-state index contributed by atoms with van der Waals surface area (Å²) in [5.41, 5.74) is 0. The van der Waals surface area contributed by atoms with Crippen LogP contribution in [0.25, 0.3) is 0 Å². The van der Waals surface area contributed by atoms with Crippen molar-refractivity contribution in [1.29, 1.82) is 0 Å². The van der Waals surface area contributed by atoms with Gasteiger partial charge in [0.25, 0.3) is 0 Å². The second kappa shape index (κ2) is 55.5. The molecule has 1 fully saturated rings. The van der Waals surface area contributed by atoms with Gasteiger partial charge in [0.05, 0.1) is 25.4 Å². The fraction of sp³-hybridized carbons (Fsp3) is 0.864. The number of aliphatic hydroxyl groups is 5. The van der Waals surface area contributed by atoms with E-state index in [1.54, 1.807) is 6.08 Å². The van der Waals surface area contributed by atoms with Crippen LogP contribution in [0.2, 0.25) is 0 Å². The molecule has 0 spiro atoms. The van der Waals surface area contributed by atoms with Crippen LogP contribution in [-0.4, -0.2) is 87.5 Å². The third-order valence-electron chi connectivity index (χ3n) is 15.4. The van der Waals surface area contributed by atoms with E-state index in [1.165, 1.54) is 244 Å². The summed E-state index contributed by atoms with van der Waals surface area (Å²) in [4.78, 5) is 13.1. The summed E-state index contributed by atoms with van der Waals surface area (Å²) < 4.78 is 11.3. The van der Waals surface area contributed by atoms with E-state index in [1.807, 2.05) is 6.08 Å². The molecule has 1 amide bonds. The van der Waals surface area contributed by atoms with Crippen LogP contribution in [0.4, 0.5) is 0 Å². The Morgan fingerprint density at radius 2 is 0.800 bits per heavy atom. The van der Waals surface area contributed by atoms with Crippen molar-refractivity contribution in [2.75, 3.05) is 13.2 Å². The van der Waals surface area contributed by atoms with Crippen LogP contribution >= 0.6 is 0 Å². The van der Waals surface area contributed by atoms with Crippen molar-refractivity contribution >= 4 is 5.91 Å². The second-order valence-electron chi connectivity index (χ2n) is 22.5. The van der Waals surface area contributed by atoms with Crippen molar-refractivity contribution in [2.45, 2.75) is 352 Å². The first-order valence-corrected chi connectivity index (χ1v) is 32.4. The molecule has 440 valence electrons. The summed E-state index contributed by atoms with van der Waals surface area (Å²) in [7, 11) is 0. The zero-order valence-corrected chi connectivity index (χ0v) is 49.1. The summed E-state index contributed by atoms with van der Waals surface area (Å²) in [6, 6.07) is -0.824. The summed E-state index contributed by atoms with van der Waals surface area (Å²) in [6.07, 6.45) is 67.7. The summed E-state index contributed by atoms with van der Waals surface area (Å²) in [5, 5.41) is 54.6. The van der Waals surface area contributed by atoms with Gasteiger partial charge in [0.2, 0.25) is 5.91 Å². The average Bonchev–Trinajstić information content (AvgIpc) is 3.41. The first-order chi connectivity index (χ1) is 36.8. The van der Waals surface area contributed by atoms with E-state index in [-0.39, 0.29) is 12.5 Å². The maximum absolute atomic E-state index is 13.1. The summed E-state index contributed by atoms with van der Waals surface area (Å²) >= 11 is 0. The van der Waals surface area contributed by atoms with Gasteiger partial charge in [0.15, 0.2) is 6.29 Å². The lowest BCUT2D eigenvalue weighted by Gasteiger charge is -2.40. The van der Waals surface area contributed by atoms with E-state index >= 15 is 0 Å². The lowest BCUT2D eigenvalue weighted by molar-refractivity contribution is -0.302. The highest BCUT2D eigenvalue weighted by atomic mass is 16.7. The van der Waals surface area contributed by atoms with Gasteiger partial charge in [-0.1, -0.05) is 287 Å². The van der Waals surface area contributed by atoms with Gasteiger partial charge >= 0.3 is 0 Å². The lowest BCUT2D eigenvalue weighted by atomic mass is 9.99. The summed E-state index contributed by atoms with van der Waals surface area (Å²) in [5.74, 6) is -0.184. The third-order valence-corrected chi connectivity index (χ3v) is 15.4. The highest BCUT2D eigenvalue weighted by Crippen LogP contribution is 2.23. The molecule has 1 heterocycles. The quantitative estimate of drug-likeness (QED) is 0.0261. The number of aliphatic hydroxyl groups excluding tert-OH is 5. The van der Waals surface area contributed by atoms with Crippen LogP contribution in [-0.2, 0) is 14.3 Å². The first-order valence-electron chi connectivity index (χ1n) is 32.4. The van der Waals surface area contributed by atoms with Crippen molar-refractivity contribution in [3.8, 4) is 0 Å². The Bertz CT molecular complexity index is 1320. The predicted molar refractivity (Wildman–Crippen MR) is 318 cm³/mol. The second-order valence-corrected chi connectivity index (χ2v) is 22.5. The Hall–Kier alpha value is -1.85. The predicted octanol–water partition coefficient (Wildman–Crippen LogP) is 16.9. The molecule has 6 N–H and O–H groups in total. The molecule has 0 aromatic heterocycles. The first kappa shape index (κ1) is 71.2. The zero-order valence-electron chi connectivity index (χ0n) is 49.1. The van der Waals surface area contributed by atoms with Gasteiger partial charge in [-0.2, -0.15) is 0 Å².